The number of carbonyl (C=O) groups is 1. The third-order valence-electron chi connectivity index (χ3n) is 4.79. The van der Waals surface area contributed by atoms with Crippen LogP contribution in [0.2, 0.25) is 0 Å². The monoisotopic (exact) mass is 469 g/mol. The predicted octanol–water partition coefficient (Wildman–Crippen LogP) is 4.42. The molecule has 0 saturated heterocycles. The van der Waals surface area contributed by atoms with Crippen molar-refractivity contribution in [3.8, 4) is 5.75 Å². The van der Waals surface area contributed by atoms with Gasteiger partial charge in [0.2, 0.25) is 0 Å². The number of rotatable bonds is 8. The van der Waals surface area contributed by atoms with Crippen molar-refractivity contribution in [2.24, 2.45) is 0 Å². The van der Waals surface area contributed by atoms with Gasteiger partial charge in [0.15, 0.2) is 6.10 Å². The van der Waals surface area contributed by atoms with Crippen LogP contribution in [0.5, 0.6) is 5.75 Å². The molecule has 3 aromatic carbocycles. The first kappa shape index (κ1) is 23.7. The molecule has 0 fully saturated rings. The number of benzene rings is 3. The molecule has 0 bridgehead atoms. The summed E-state index contributed by atoms with van der Waals surface area (Å²) in [6.45, 7) is 5.28. The van der Waals surface area contributed by atoms with E-state index in [1.807, 2.05) is 26.0 Å². The zero-order valence-corrected chi connectivity index (χ0v) is 19.0. The number of anilines is 2. The molecule has 0 saturated carbocycles. The Kier molecular flexibility index (Phi) is 6.98. The molecule has 9 nitrogen and oxygen atoms in total. The van der Waals surface area contributed by atoms with E-state index in [0.717, 1.165) is 11.1 Å². The van der Waals surface area contributed by atoms with Crippen LogP contribution < -0.4 is 14.8 Å². The van der Waals surface area contributed by atoms with Crippen molar-refractivity contribution in [2.75, 3.05) is 10.0 Å². The topological polar surface area (TPSA) is 128 Å². The van der Waals surface area contributed by atoms with E-state index in [1.54, 1.807) is 6.07 Å². The maximum absolute atomic E-state index is 12.7. The molecule has 0 aliphatic heterocycles. The summed E-state index contributed by atoms with van der Waals surface area (Å²) in [5.74, 6) is -0.153. The number of carbonyl (C=O) groups excluding carboxylic acids is 1. The fourth-order valence-corrected chi connectivity index (χ4v) is 4.13. The lowest BCUT2D eigenvalue weighted by Crippen LogP contribution is -2.30. The van der Waals surface area contributed by atoms with Crippen LogP contribution in [-0.2, 0) is 14.8 Å². The highest BCUT2D eigenvalue weighted by molar-refractivity contribution is 7.92. The SMILES string of the molecule is Cc1ccc(NS(=O)(=O)c2ccc(NC(=O)C(C)Oc3ccc([N+](=O)[O-])cc3)cc2)c(C)c1. The third-order valence-corrected chi connectivity index (χ3v) is 6.17. The van der Waals surface area contributed by atoms with Crippen LogP contribution >= 0.6 is 0 Å². The number of sulfonamides is 1. The number of aryl methyl sites for hydroxylation is 2. The zero-order valence-electron chi connectivity index (χ0n) is 18.2. The van der Waals surface area contributed by atoms with Crippen LogP contribution in [0, 0.1) is 24.0 Å². The van der Waals surface area contributed by atoms with Crippen molar-refractivity contribution in [3.05, 3.63) is 88.0 Å². The summed E-state index contributed by atoms with van der Waals surface area (Å²) in [4.78, 5) is 22.6. The summed E-state index contributed by atoms with van der Waals surface area (Å²) in [5, 5.41) is 13.4. The smallest absolute Gasteiger partial charge is 0.269 e. The Morgan fingerprint density at radius 2 is 1.64 bits per heavy atom. The van der Waals surface area contributed by atoms with Gasteiger partial charge in [0.25, 0.3) is 21.6 Å². The van der Waals surface area contributed by atoms with E-state index in [9.17, 15) is 23.3 Å². The summed E-state index contributed by atoms with van der Waals surface area (Å²) >= 11 is 0. The van der Waals surface area contributed by atoms with Crippen molar-refractivity contribution < 1.29 is 22.9 Å². The van der Waals surface area contributed by atoms with Gasteiger partial charge in [-0.2, -0.15) is 0 Å². The van der Waals surface area contributed by atoms with Gasteiger partial charge in [0.05, 0.1) is 15.5 Å². The average molecular weight is 470 g/mol. The maximum Gasteiger partial charge on any atom is 0.269 e. The molecule has 2 N–H and O–H groups in total. The fourth-order valence-electron chi connectivity index (χ4n) is 3.00. The summed E-state index contributed by atoms with van der Waals surface area (Å²) in [6, 6.07) is 16.5. The summed E-state index contributed by atoms with van der Waals surface area (Å²) in [6.07, 6.45) is -0.888. The minimum atomic E-state index is -3.80. The molecule has 0 aliphatic carbocycles. The van der Waals surface area contributed by atoms with Gasteiger partial charge in [-0.05, 0) is 68.8 Å². The molecule has 1 atom stereocenters. The normalized spacial score (nSPS) is 12.0. The number of amides is 1. The third kappa shape index (κ3) is 6.07. The highest BCUT2D eigenvalue weighted by Gasteiger charge is 2.18. The molecule has 10 heteroatoms. The van der Waals surface area contributed by atoms with E-state index in [-0.39, 0.29) is 10.6 Å². The predicted molar refractivity (Wildman–Crippen MR) is 125 cm³/mol. The standard InChI is InChI=1S/C23H23N3O6S/c1-15-4-13-22(16(2)14-15)25-33(30,31)21-11-5-18(6-12-21)24-23(27)17(3)32-20-9-7-19(8-10-20)26(28)29/h4-14,17,25H,1-3H3,(H,24,27). The molecule has 172 valence electrons. The fraction of sp³-hybridized carbons (Fsp3) is 0.174. The molecule has 0 aliphatic rings. The first-order valence-corrected chi connectivity index (χ1v) is 11.5. The number of nitrogens with zero attached hydrogens (tertiary/aromatic N) is 1. The Labute approximate surface area is 191 Å². The van der Waals surface area contributed by atoms with Gasteiger partial charge in [0.1, 0.15) is 5.75 Å². The van der Waals surface area contributed by atoms with Crippen LogP contribution in [0.4, 0.5) is 17.1 Å². The average Bonchev–Trinajstić information content (AvgIpc) is 2.76. The summed E-state index contributed by atoms with van der Waals surface area (Å²) in [5.41, 5.74) is 2.65. The molecule has 0 aromatic heterocycles. The Bertz CT molecular complexity index is 1270. The van der Waals surface area contributed by atoms with E-state index >= 15 is 0 Å². The first-order chi connectivity index (χ1) is 15.5. The van der Waals surface area contributed by atoms with Gasteiger partial charge in [-0.25, -0.2) is 8.42 Å². The number of hydrogen-bond donors (Lipinski definition) is 2. The molecule has 0 spiro atoms. The van der Waals surface area contributed by atoms with Gasteiger partial charge >= 0.3 is 0 Å². The Morgan fingerprint density at radius 3 is 2.21 bits per heavy atom. The minimum absolute atomic E-state index is 0.0515. The Hall–Kier alpha value is -3.92. The van der Waals surface area contributed by atoms with Crippen molar-refractivity contribution in [3.63, 3.8) is 0 Å². The maximum atomic E-state index is 12.7. The van der Waals surface area contributed by atoms with Crippen LogP contribution in [-0.4, -0.2) is 25.4 Å². The lowest BCUT2D eigenvalue weighted by Gasteiger charge is -2.15. The second-order valence-corrected chi connectivity index (χ2v) is 9.13. The quantitative estimate of drug-likeness (QED) is 0.371. The molecule has 3 rings (SSSR count). The lowest BCUT2D eigenvalue weighted by atomic mass is 10.1. The largest absolute Gasteiger partial charge is 0.481 e. The van der Waals surface area contributed by atoms with E-state index in [1.165, 1.54) is 55.5 Å². The minimum Gasteiger partial charge on any atom is -0.481 e. The molecular weight excluding hydrogens is 446 g/mol. The summed E-state index contributed by atoms with van der Waals surface area (Å²) in [7, 11) is -3.80. The van der Waals surface area contributed by atoms with Crippen molar-refractivity contribution in [1.82, 2.24) is 0 Å². The zero-order chi connectivity index (χ0) is 24.2. The van der Waals surface area contributed by atoms with Gasteiger partial charge in [-0.1, -0.05) is 17.7 Å². The highest BCUT2D eigenvalue weighted by atomic mass is 32.2. The van der Waals surface area contributed by atoms with Crippen LogP contribution in [0.1, 0.15) is 18.1 Å². The van der Waals surface area contributed by atoms with Crippen molar-refractivity contribution in [2.45, 2.75) is 31.8 Å². The van der Waals surface area contributed by atoms with Gasteiger partial charge < -0.3 is 10.1 Å². The van der Waals surface area contributed by atoms with E-state index in [2.05, 4.69) is 10.0 Å². The number of ether oxygens (including phenoxy) is 1. The number of nitro benzene ring substituents is 1. The molecule has 33 heavy (non-hydrogen) atoms. The number of nitro groups is 1. The van der Waals surface area contributed by atoms with Crippen LogP contribution in [0.3, 0.4) is 0 Å². The Morgan fingerprint density at radius 1 is 1.00 bits per heavy atom. The second kappa shape index (κ2) is 9.70. The molecule has 0 heterocycles. The van der Waals surface area contributed by atoms with Gasteiger partial charge in [-0.3, -0.25) is 19.6 Å². The van der Waals surface area contributed by atoms with E-state index in [0.29, 0.717) is 17.1 Å². The molecule has 1 unspecified atom stereocenters. The van der Waals surface area contributed by atoms with Gasteiger partial charge in [0, 0.05) is 17.8 Å². The molecular formula is C23H23N3O6S. The molecule has 3 aromatic rings. The number of hydrogen-bond acceptors (Lipinski definition) is 6. The van der Waals surface area contributed by atoms with Crippen LogP contribution in [0.15, 0.2) is 71.6 Å². The van der Waals surface area contributed by atoms with E-state index < -0.39 is 27.0 Å². The van der Waals surface area contributed by atoms with Crippen molar-refractivity contribution >= 4 is 33.0 Å². The highest BCUT2D eigenvalue weighted by Crippen LogP contribution is 2.22. The number of nitrogens with one attached hydrogen (secondary N) is 2. The molecule has 1 amide bonds. The lowest BCUT2D eigenvalue weighted by molar-refractivity contribution is -0.384. The number of non-ortho nitro benzene ring substituents is 1. The van der Waals surface area contributed by atoms with Crippen LogP contribution in [0.25, 0.3) is 0 Å². The Balaban J connectivity index is 1.63. The van der Waals surface area contributed by atoms with E-state index in [4.69, 9.17) is 4.74 Å². The van der Waals surface area contributed by atoms with Crippen molar-refractivity contribution in [1.29, 1.82) is 0 Å². The molecule has 0 radical (unpaired) electrons. The first-order valence-electron chi connectivity index (χ1n) is 9.97. The second-order valence-electron chi connectivity index (χ2n) is 7.45. The van der Waals surface area contributed by atoms with Gasteiger partial charge in [-0.15, -0.1) is 0 Å². The summed E-state index contributed by atoms with van der Waals surface area (Å²) < 4.78 is 33.5.